The summed E-state index contributed by atoms with van der Waals surface area (Å²) in [5.74, 6) is 1.29. The number of nitrogens with zero attached hydrogens (tertiary/aromatic N) is 4. The average molecular weight is 350 g/mol. The molecule has 0 radical (unpaired) electrons. The molecular weight excluding hydrogens is 332 g/mol. The summed E-state index contributed by atoms with van der Waals surface area (Å²) >= 11 is 0. The maximum absolute atomic E-state index is 9.43. The average Bonchev–Trinajstić information content (AvgIpc) is 3.23. The Labute approximate surface area is 150 Å². The van der Waals surface area contributed by atoms with Crippen molar-refractivity contribution < 1.29 is 14.7 Å². The Morgan fingerprint density at radius 3 is 2.62 bits per heavy atom. The molecule has 3 heterocycles. The molecule has 0 bridgehead atoms. The van der Waals surface area contributed by atoms with Gasteiger partial charge < -0.3 is 14.7 Å². The number of oxime groups is 1. The zero-order valence-electron chi connectivity index (χ0n) is 14.5. The van der Waals surface area contributed by atoms with E-state index in [9.17, 15) is 5.11 Å². The third-order valence-electron chi connectivity index (χ3n) is 4.29. The van der Waals surface area contributed by atoms with E-state index < -0.39 is 5.60 Å². The van der Waals surface area contributed by atoms with Gasteiger partial charge in [0, 0.05) is 18.8 Å². The van der Waals surface area contributed by atoms with E-state index in [4.69, 9.17) is 9.57 Å². The summed E-state index contributed by atoms with van der Waals surface area (Å²) in [7, 11) is 1.87. The van der Waals surface area contributed by atoms with Crippen LogP contribution >= 0.6 is 0 Å². The molecule has 0 fully saturated rings. The highest BCUT2D eigenvalue weighted by atomic mass is 16.7. The first-order valence-corrected chi connectivity index (χ1v) is 8.19. The van der Waals surface area contributed by atoms with Gasteiger partial charge in [0.15, 0.2) is 5.60 Å². The third kappa shape index (κ3) is 3.11. The standard InChI is InChI=1S/C19H18N4O3/c1-19(14-3-5-15(24)6-4-14)9-18(22-26-19)25-16-7-8-17(20-11-16)13-10-21-23(2)12-13/h3-8,10-12,24H,9H2,1-2H3/t19-/m1/s1. The molecule has 0 saturated heterocycles. The fourth-order valence-electron chi connectivity index (χ4n) is 2.83. The van der Waals surface area contributed by atoms with E-state index in [0.29, 0.717) is 18.1 Å². The fourth-order valence-corrected chi connectivity index (χ4v) is 2.83. The van der Waals surface area contributed by atoms with Crippen molar-refractivity contribution >= 4 is 5.90 Å². The van der Waals surface area contributed by atoms with E-state index in [-0.39, 0.29) is 5.75 Å². The van der Waals surface area contributed by atoms with Crippen LogP contribution in [0.2, 0.25) is 0 Å². The first-order valence-electron chi connectivity index (χ1n) is 8.19. The number of ether oxygens (including phenoxy) is 1. The zero-order valence-corrected chi connectivity index (χ0v) is 14.5. The molecular formula is C19H18N4O3. The normalized spacial score (nSPS) is 19.1. The van der Waals surface area contributed by atoms with Crippen molar-refractivity contribution in [1.82, 2.24) is 14.8 Å². The number of aromatic hydroxyl groups is 1. The monoisotopic (exact) mass is 350 g/mol. The van der Waals surface area contributed by atoms with Crippen LogP contribution in [0.5, 0.6) is 11.5 Å². The number of rotatable bonds is 3. The number of phenols is 1. The van der Waals surface area contributed by atoms with E-state index in [1.807, 2.05) is 44.4 Å². The summed E-state index contributed by atoms with van der Waals surface area (Å²) in [6.45, 7) is 1.93. The first-order chi connectivity index (χ1) is 12.5. The summed E-state index contributed by atoms with van der Waals surface area (Å²) in [4.78, 5) is 10.0. The van der Waals surface area contributed by atoms with Crippen molar-refractivity contribution in [3.63, 3.8) is 0 Å². The number of benzene rings is 1. The van der Waals surface area contributed by atoms with Gasteiger partial charge in [-0.25, -0.2) is 0 Å². The van der Waals surface area contributed by atoms with Crippen molar-refractivity contribution in [3.05, 3.63) is 60.6 Å². The van der Waals surface area contributed by atoms with Gasteiger partial charge in [0.05, 0.1) is 24.5 Å². The predicted octanol–water partition coefficient (Wildman–Crippen LogP) is 3.22. The Bertz CT molecular complexity index is 948. The molecule has 0 unspecified atom stereocenters. The van der Waals surface area contributed by atoms with Crippen LogP contribution in [0.25, 0.3) is 11.3 Å². The number of phenolic OH excluding ortho intramolecular Hbond substituents is 1. The van der Waals surface area contributed by atoms with Crippen molar-refractivity contribution in [2.75, 3.05) is 0 Å². The minimum Gasteiger partial charge on any atom is -0.508 e. The van der Waals surface area contributed by atoms with Crippen molar-refractivity contribution in [1.29, 1.82) is 0 Å². The van der Waals surface area contributed by atoms with Gasteiger partial charge in [-0.05, 0) is 36.8 Å². The summed E-state index contributed by atoms with van der Waals surface area (Å²) < 4.78 is 7.54. The molecule has 1 atom stereocenters. The Kier molecular flexibility index (Phi) is 3.84. The van der Waals surface area contributed by atoms with Crippen LogP contribution in [-0.2, 0) is 17.5 Å². The van der Waals surface area contributed by atoms with Gasteiger partial charge in [-0.1, -0.05) is 17.3 Å². The molecule has 132 valence electrons. The number of hydrogen-bond acceptors (Lipinski definition) is 6. The highest BCUT2D eigenvalue weighted by molar-refractivity contribution is 5.80. The van der Waals surface area contributed by atoms with Crippen LogP contribution in [0.1, 0.15) is 18.9 Å². The maximum atomic E-state index is 9.43. The lowest BCUT2D eigenvalue weighted by Crippen LogP contribution is -2.23. The zero-order chi connectivity index (χ0) is 18.1. The molecule has 0 spiro atoms. The predicted molar refractivity (Wildman–Crippen MR) is 95.7 cm³/mol. The second-order valence-electron chi connectivity index (χ2n) is 6.41. The molecule has 4 rings (SSSR count). The van der Waals surface area contributed by atoms with Gasteiger partial charge in [0.25, 0.3) is 0 Å². The number of aryl methyl sites for hydroxylation is 1. The minimum atomic E-state index is -0.619. The molecule has 7 heteroatoms. The van der Waals surface area contributed by atoms with Crippen LogP contribution in [0.15, 0.2) is 60.1 Å². The molecule has 1 N–H and O–H groups in total. The van der Waals surface area contributed by atoms with Crippen LogP contribution in [-0.4, -0.2) is 25.8 Å². The third-order valence-corrected chi connectivity index (χ3v) is 4.29. The van der Waals surface area contributed by atoms with Gasteiger partial charge >= 0.3 is 0 Å². The molecule has 7 nitrogen and oxygen atoms in total. The summed E-state index contributed by atoms with van der Waals surface area (Å²) in [5, 5.41) is 17.6. The highest BCUT2D eigenvalue weighted by Gasteiger charge is 2.37. The Morgan fingerprint density at radius 1 is 1.15 bits per heavy atom. The maximum Gasteiger partial charge on any atom is 0.235 e. The summed E-state index contributed by atoms with van der Waals surface area (Å²) in [6, 6.07) is 10.6. The second-order valence-corrected chi connectivity index (χ2v) is 6.41. The lowest BCUT2D eigenvalue weighted by Gasteiger charge is -2.21. The molecule has 0 amide bonds. The van der Waals surface area contributed by atoms with E-state index in [1.165, 1.54) is 0 Å². The fraction of sp³-hybridized carbons (Fsp3) is 0.211. The van der Waals surface area contributed by atoms with Crippen molar-refractivity contribution in [2.24, 2.45) is 12.2 Å². The van der Waals surface area contributed by atoms with E-state index in [0.717, 1.165) is 16.8 Å². The topological polar surface area (TPSA) is 81.8 Å². The number of pyridine rings is 1. The van der Waals surface area contributed by atoms with E-state index in [1.54, 1.807) is 29.2 Å². The quantitative estimate of drug-likeness (QED) is 0.784. The number of aromatic nitrogens is 3. The first kappa shape index (κ1) is 16.1. The molecule has 3 aromatic rings. The lowest BCUT2D eigenvalue weighted by molar-refractivity contribution is -0.00742. The van der Waals surface area contributed by atoms with Crippen molar-refractivity contribution in [3.8, 4) is 22.8 Å². The molecule has 0 aliphatic carbocycles. The molecule has 1 aliphatic rings. The van der Waals surface area contributed by atoms with Gasteiger partial charge in [-0.15, -0.1) is 0 Å². The Morgan fingerprint density at radius 2 is 1.96 bits per heavy atom. The smallest absolute Gasteiger partial charge is 0.235 e. The summed E-state index contributed by atoms with van der Waals surface area (Å²) in [5.41, 5.74) is 2.07. The van der Waals surface area contributed by atoms with Gasteiger partial charge in [0.1, 0.15) is 11.5 Å². The van der Waals surface area contributed by atoms with E-state index >= 15 is 0 Å². The SMILES string of the molecule is Cn1cc(-c2ccc(OC3=NO[C@@](C)(c4ccc(O)cc4)C3)cn2)cn1. The van der Waals surface area contributed by atoms with Gasteiger partial charge in [-0.3, -0.25) is 9.67 Å². The molecule has 26 heavy (non-hydrogen) atoms. The van der Waals surface area contributed by atoms with E-state index in [2.05, 4.69) is 15.2 Å². The van der Waals surface area contributed by atoms with Crippen LogP contribution in [0, 0.1) is 0 Å². The van der Waals surface area contributed by atoms with Crippen LogP contribution in [0.3, 0.4) is 0 Å². The van der Waals surface area contributed by atoms with Crippen molar-refractivity contribution in [2.45, 2.75) is 18.9 Å². The van der Waals surface area contributed by atoms with Gasteiger partial charge in [0.2, 0.25) is 5.90 Å². The molecule has 0 saturated carbocycles. The Balaban J connectivity index is 1.44. The second kappa shape index (κ2) is 6.18. The van der Waals surface area contributed by atoms with Crippen LogP contribution < -0.4 is 4.74 Å². The van der Waals surface area contributed by atoms with Gasteiger partial charge in [-0.2, -0.15) is 5.10 Å². The number of hydrogen-bond donors (Lipinski definition) is 1. The molecule has 1 aromatic carbocycles. The minimum absolute atomic E-state index is 0.215. The summed E-state index contributed by atoms with van der Waals surface area (Å²) in [6.07, 6.45) is 5.81. The molecule has 1 aliphatic heterocycles. The van der Waals surface area contributed by atoms with Crippen LogP contribution in [0.4, 0.5) is 0 Å². The largest absolute Gasteiger partial charge is 0.508 e. The Hall–Kier alpha value is -3.35. The highest BCUT2D eigenvalue weighted by Crippen LogP contribution is 2.35. The molecule has 2 aromatic heterocycles. The lowest BCUT2D eigenvalue weighted by atomic mass is 9.93.